The first-order valence-electron chi connectivity index (χ1n) is 14.3. The van der Waals surface area contributed by atoms with Gasteiger partial charge in [-0.15, -0.1) is 0 Å². The summed E-state index contributed by atoms with van der Waals surface area (Å²) in [5, 5.41) is 4.58. The zero-order valence-corrected chi connectivity index (χ0v) is 24.2. The van der Waals surface area contributed by atoms with Gasteiger partial charge in [0, 0.05) is 37.1 Å². The van der Waals surface area contributed by atoms with E-state index in [-0.39, 0.29) is 0 Å². The summed E-state index contributed by atoms with van der Waals surface area (Å²) in [6.07, 6.45) is 3.12. The first-order chi connectivity index (χ1) is 19.2. The number of benzene rings is 3. The Bertz CT molecular complexity index is 1440. The van der Waals surface area contributed by atoms with Crippen molar-refractivity contribution in [3.8, 4) is 0 Å². The molecule has 2 heterocycles. The van der Waals surface area contributed by atoms with Crippen molar-refractivity contribution in [2.24, 2.45) is 5.73 Å². The molecule has 0 fully saturated rings. The van der Waals surface area contributed by atoms with Crippen molar-refractivity contribution in [1.82, 2.24) is 14.5 Å². The van der Waals surface area contributed by atoms with Crippen LogP contribution in [-0.2, 0) is 26.1 Å². The average Bonchev–Trinajstić information content (AvgIpc) is 3.36. The number of hydrogen-bond acceptors (Lipinski definition) is 5. The lowest BCUT2D eigenvalue weighted by atomic mass is 10.1. The standard InChI is InChI=1S/C29H32N6.2C2H6/c1-2-3-9-26-34-27-28(35(26)19-22-7-5-4-6-8-22)24-15-14-23(16-25(24)33-29(27)31)32-18-21-12-10-20(17-30)11-13-21;2*1-2/h4-8,10-16,32H,2-3,9,17-19,30H2,1H3,(H2,31,33);2*1-2H3. The van der Waals surface area contributed by atoms with E-state index in [0.717, 1.165) is 71.4 Å². The summed E-state index contributed by atoms with van der Waals surface area (Å²) in [7, 11) is 0. The maximum absolute atomic E-state index is 6.45. The number of anilines is 2. The number of nitrogen functional groups attached to an aromatic ring is 1. The molecule has 0 aliphatic carbocycles. The highest BCUT2D eigenvalue weighted by Gasteiger charge is 2.17. The van der Waals surface area contributed by atoms with E-state index in [1.165, 1.54) is 11.1 Å². The van der Waals surface area contributed by atoms with E-state index in [1.54, 1.807) is 0 Å². The molecule has 6 nitrogen and oxygen atoms in total. The Hall–Kier alpha value is -3.90. The van der Waals surface area contributed by atoms with Crippen LogP contribution in [0.4, 0.5) is 11.5 Å². The quantitative estimate of drug-likeness (QED) is 0.184. The van der Waals surface area contributed by atoms with Crippen LogP contribution in [-0.4, -0.2) is 14.5 Å². The minimum Gasteiger partial charge on any atom is -0.382 e. The Morgan fingerprint density at radius 1 is 0.821 bits per heavy atom. The average molecular weight is 525 g/mol. The fourth-order valence-electron chi connectivity index (χ4n) is 4.53. The molecule has 0 aliphatic rings. The number of pyridine rings is 1. The lowest BCUT2D eigenvalue weighted by molar-refractivity contribution is 0.690. The smallest absolute Gasteiger partial charge is 0.152 e. The highest BCUT2D eigenvalue weighted by molar-refractivity contribution is 6.07. The van der Waals surface area contributed by atoms with Gasteiger partial charge in [0.05, 0.1) is 11.0 Å². The van der Waals surface area contributed by atoms with Crippen molar-refractivity contribution in [2.75, 3.05) is 11.1 Å². The van der Waals surface area contributed by atoms with Gasteiger partial charge in [-0.05, 0) is 41.3 Å². The normalized spacial score (nSPS) is 10.5. The van der Waals surface area contributed by atoms with E-state index in [4.69, 9.17) is 21.4 Å². The maximum atomic E-state index is 6.45. The molecule has 0 saturated heterocycles. The minimum atomic E-state index is 0.478. The van der Waals surface area contributed by atoms with Gasteiger partial charge >= 0.3 is 0 Å². The van der Waals surface area contributed by atoms with Gasteiger partial charge in [-0.2, -0.15) is 0 Å². The third-order valence-electron chi connectivity index (χ3n) is 6.48. The lowest BCUT2D eigenvalue weighted by Crippen LogP contribution is -2.06. The Kier molecular flexibility index (Phi) is 11.3. The molecule has 0 saturated carbocycles. The van der Waals surface area contributed by atoms with Crippen LogP contribution in [0.15, 0.2) is 72.8 Å². The number of fused-ring (bicyclic) bond motifs is 3. The second kappa shape index (κ2) is 14.9. The molecule has 39 heavy (non-hydrogen) atoms. The molecule has 5 rings (SSSR count). The van der Waals surface area contributed by atoms with E-state index in [0.29, 0.717) is 12.4 Å². The van der Waals surface area contributed by atoms with Crippen LogP contribution in [0.5, 0.6) is 0 Å². The van der Waals surface area contributed by atoms with Gasteiger partial charge in [0.2, 0.25) is 0 Å². The van der Waals surface area contributed by atoms with Gasteiger partial charge in [0.1, 0.15) is 11.3 Å². The van der Waals surface area contributed by atoms with Crippen LogP contribution in [0.1, 0.15) is 70.0 Å². The van der Waals surface area contributed by atoms with Crippen LogP contribution in [0.25, 0.3) is 21.9 Å². The van der Waals surface area contributed by atoms with Crippen LogP contribution in [0.2, 0.25) is 0 Å². The van der Waals surface area contributed by atoms with Gasteiger partial charge < -0.3 is 21.4 Å². The zero-order valence-electron chi connectivity index (χ0n) is 24.2. The highest BCUT2D eigenvalue weighted by atomic mass is 15.1. The SMILES string of the molecule is CC.CC.CCCCc1nc2c(N)nc3cc(NCc4ccc(CN)cc4)ccc3c2n1Cc1ccccc1. The number of aryl methyl sites for hydroxylation is 1. The number of nitrogens with one attached hydrogen (secondary N) is 1. The molecule has 0 bridgehead atoms. The molecule has 0 spiro atoms. The first kappa shape index (κ1) is 29.7. The lowest BCUT2D eigenvalue weighted by Gasteiger charge is -2.12. The minimum absolute atomic E-state index is 0.478. The van der Waals surface area contributed by atoms with Crippen molar-refractivity contribution in [1.29, 1.82) is 0 Å². The molecule has 206 valence electrons. The Morgan fingerprint density at radius 2 is 1.51 bits per heavy atom. The van der Waals surface area contributed by atoms with Crippen molar-refractivity contribution in [2.45, 2.75) is 73.5 Å². The van der Waals surface area contributed by atoms with E-state index in [9.17, 15) is 0 Å². The van der Waals surface area contributed by atoms with Gasteiger partial charge in [-0.3, -0.25) is 0 Å². The highest BCUT2D eigenvalue weighted by Crippen LogP contribution is 2.31. The number of imidazole rings is 1. The monoisotopic (exact) mass is 524 g/mol. The summed E-state index contributed by atoms with van der Waals surface area (Å²) in [6, 6.07) is 25.2. The second-order valence-electron chi connectivity index (χ2n) is 9.00. The molecule has 0 aliphatic heterocycles. The predicted molar refractivity (Wildman–Crippen MR) is 168 cm³/mol. The predicted octanol–water partition coefficient (Wildman–Crippen LogP) is 7.68. The molecular weight excluding hydrogens is 480 g/mol. The number of nitrogens with zero attached hydrogens (tertiary/aromatic N) is 3. The van der Waals surface area contributed by atoms with Gasteiger partial charge in [0.25, 0.3) is 0 Å². The summed E-state index contributed by atoms with van der Waals surface area (Å²) in [5.74, 6) is 1.54. The van der Waals surface area contributed by atoms with Crippen LogP contribution in [0.3, 0.4) is 0 Å². The Morgan fingerprint density at radius 3 is 2.18 bits per heavy atom. The van der Waals surface area contributed by atoms with Crippen molar-refractivity contribution >= 4 is 33.4 Å². The third kappa shape index (κ3) is 7.15. The molecule has 5 aromatic rings. The van der Waals surface area contributed by atoms with Gasteiger partial charge in [-0.1, -0.05) is 95.6 Å². The Balaban J connectivity index is 0.00000100. The van der Waals surface area contributed by atoms with Crippen LogP contribution >= 0.6 is 0 Å². The van der Waals surface area contributed by atoms with E-state index in [1.807, 2.05) is 33.8 Å². The molecular formula is C33H44N6. The summed E-state index contributed by atoms with van der Waals surface area (Å²) >= 11 is 0. The van der Waals surface area contributed by atoms with Crippen LogP contribution < -0.4 is 16.8 Å². The summed E-state index contributed by atoms with van der Waals surface area (Å²) in [4.78, 5) is 9.69. The van der Waals surface area contributed by atoms with E-state index in [2.05, 4.69) is 83.5 Å². The van der Waals surface area contributed by atoms with E-state index < -0.39 is 0 Å². The second-order valence-corrected chi connectivity index (χ2v) is 9.00. The number of hydrogen-bond donors (Lipinski definition) is 3. The van der Waals surface area contributed by atoms with Crippen molar-refractivity contribution in [3.05, 3.63) is 95.3 Å². The topological polar surface area (TPSA) is 94.8 Å². The number of aromatic nitrogens is 3. The fourth-order valence-corrected chi connectivity index (χ4v) is 4.53. The number of rotatable bonds is 9. The summed E-state index contributed by atoms with van der Waals surface area (Å²) in [5.41, 5.74) is 19.5. The first-order valence-corrected chi connectivity index (χ1v) is 14.3. The van der Waals surface area contributed by atoms with Gasteiger partial charge in [-0.25, -0.2) is 9.97 Å². The fraction of sp³-hybridized carbons (Fsp3) is 0.333. The number of unbranched alkanes of at least 4 members (excludes halogenated alkanes) is 1. The van der Waals surface area contributed by atoms with E-state index >= 15 is 0 Å². The molecule has 5 N–H and O–H groups in total. The molecule has 3 aromatic carbocycles. The third-order valence-corrected chi connectivity index (χ3v) is 6.48. The molecule has 2 aromatic heterocycles. The number of nitrogens with two attached hydrogens (primary N) is 2. The van der Waals surface area contributed by atoms with Crippen LogP contribution in [0, 0.1) is 0 Å². The summed E-state index contributed by atoms with van der Waals surface area (Å²) < 4.78 is 2.33. The molecule has 0 unspecified atom stereocenters. The summed E-state index contributed by atoms with van der Waals surface area (Å²) in [6.45, 7) is 12.2. The molecule has 0 amide bonds. The van der Waals surface area contributed by atoms with Crippen molar-refractivity contribution < 1.29 is 0 Å². The Labute approximate surface area is 233 Å². The van der Waals surface area contributed by atoms with Gasteiger partial charge in [0.15, 0.2) is 5.82 Å². The molecule has 0 atom stereocenters. The zero-order chi connectivity index (χ0) is 28.2. The largest absolute Gasteiger partial charge is 0.382 e. The maximum Gasteiger partial charge on any atom is 0.152 e. The molecule has 6 heteroatoms. The van der Waals surface area contributed by atoms with Crippen molar-refractivity contribution in [3.63, 3.8) is 0 Å². The molecule has 0 radical (unpaired) electrons.